The van der Waals surface area contributed by atoms with Gasteiger partial charge in [0, 0.05) is 11.8 Å². The predicted octanol–water partition coefficient (Wildman–Crippen LogP) is 1.46. The molecule has 2 aromatic rings. The third kappa shape index (κ3) is 0.894. The first-order chi connectivity index (χ1) is 6.86. The summed E-state index contributed by atoms with van der Waals surface area (Å²) in [6.45, 7) is 0.609. The third-order valence-electron chi connectivity index (χ3n) is 2.57. The number of ether oxygens (including phenoxy) is 1. The Morgan fingerprint density at radius 1 is 1.29 bits per heavy atom. The van der Waals surface area contributed by atoms with Crippen LogP contribution in [0.2, 0.25) is 0 Å². The van der Waals surface area contributed by atoms with Crippen LogP contribution in [0.1, 0.15) is 5.56 Å². The van der Waals surface area contributed by atoms with Gasteiger partial charge in [-0.15, -0.1) is 0 Å². The Kier molecular flexibility index (Phi) is 1.42. The second-order valence-electron chi connectivity index (χ2n) is 3.41. The number of rotatable bonds is 0. The van der Waals surface area contributed by atoms with E-state index in [1.807, 2.05) is 24.3 Å². The van der Waals surface area contributed by atoms with Crippen LogP contribution in [0.5, 0.6) is 5.88 Å². The molecule has 0 spiro atoms. The summed E-state index contributed by atoms with van der Waals surface area (Å²) >= 11 is 0. The number of aromatic nitrogens is 1. The minimum absolute atomic E-state index is 0.104. The fraction of sp³-hybridized carbons (Fsp3) is 0.182. The zero-order chi connectivity index (χ0) is 9.54. The fourth-order valence-corrected chi connectivity index (χ4v) is 1.86. The summed E-state index contributed by atoms with van der Waals surface area (Å²) in [6.07, 6.45) is 0.718. The van der Waals surface area contributed by atoms with E-state index in [-0.39, 0.29) is 5.43 Å². The maximum absolute atomic E-state index is 11.9. The lowest BCUT2D eigenvalue weighted by molar-refractivity contribution is 0.346. The summed E-state index contributed by atoms with van der Waals surface area (Å²) in [7, 11) is 0. The molecule has 1 aliphatic heterocycles. The first-order valence-electron chi connectivity index (χ1n) is 4.63. The maximum atomic E-state index is 11.9. The number of para-hydroxylation sites is 1. The minimum Gasteiger partial charge on any atom is -0.478 e. The van der Waals surface area contributed by atoms with Crippen molar-refractivity contribution in [2.75, 3.05) is 6.61 Å². The summed E-state index contributed by atoms with van der Waals surface area (Å²) in [6, 6.07) is 7.50. The van der Waals surface area contributed by atoms with Crippen LogP contribution >= 0.6 is 0 Å². The van der Waals surface area contributed by atoms with Crippen molar-refractivity contribution >= 4 is 10.9 Å². The Hall–Kier alpha value is -1.77. The van der Waals surface area contributed by atoms with Gasteiger partial charge < -0.3 is 9.72 Å². The molecule has 1 N–H and O–H groups in total. The van der Waals surface area contributed by atoms with Crippen molar-refractivity contribution in [1.29, 1.82) is 0 Å². The van der Waals surface area contributed by atoms with Gasteiger partial charge in [0.05, 0.1) is 17.7 Å². The molecular weight excluding hydrogens is 178 g/mol. The van der Waals surface area contributed by atoms with Crippen LogP contribution < -0.4 is 10.2 Å². The summed E-state index contributed by atoms with van der Waals surface area (Å²) in [5.74, 6) is 0.647. The molecule has 0 saturated carbocycles. The molecule has 1 aromatic heterocycles. The fourth-order valence-electron chi connectivity index (χ4n) is 1.86. The monoisotopic (exact) mass is 187 g/mol. The number of H-pyrrole nitrogens is 1. The first-order valence-corrected chi connectivity index (χ1v) is 4.63. The van der Waals surface area contributed by atoms with Gasteiger partial charge in [0.15, 0.2) is 11.3 Å². The molecule has 0 unspecified atom stereocenters. The average molecular weight is 187 g/mol. The van der Waals surface area contributed by atoms with Gasteiger partial charge in [-0.1, -0.05) is 12.1 Å². The Labute approximate surface area is 80.3 Å². The zero-order valence-corrected chi connectivity index (χ0v) is 7.54. The van der Waals surface area contributed by atoms with Gasteiger partial charge in [-0.05, 0) is 12.1 Å². The molecule has 0 bridgehead atoms. The molecule has 3 heteroatoms. The van der Waals surface area contributed by atoms with Crippen molar-refractivity contribution in [3.8, 4) is 5.88 Å². The maximum Gasteiger partial charge on any atom is 0.198 e. The van der Waals surface area contributed by atoms with Gasteiger partial charge in [0.2, 0.25) is 0 Å². The van der Waals surface area contributed by atoms with Gasteiger partial charge in [0.25, 0.3) is 0 Å². The molecule has 1 aromatic carbocycles. The molecule has 0 fully saturated rings. The van der Waals surface area contributed by atoms with E-state index in [9.17, 15) is 4.79 Å². The molecule has 2 heterocycles. The van der Waals surface area contributed by atoms with Crippen molar-refractivity contribution < 1.29 is 4.74 Å². The van der Waals surface area contributed by atoms with Gasteiger partial charge in [-0.3, -0.25) is 4.79 Å². The van der Waals surface area contributed by atoms with Crippen molar-refractivity contribution in [3.63, 3.8) is 0 Å². The van der Waals surface area contributed by atoms with Crippen LogP contribution in [0.3, 0.4) is 0 Å². The van der Waals surface area contributed by atoms with E-state index in [1.54, 1.807) is 0 Å². The minimum atomic E-state index is 0.104. The highest BCUT2D eigenvalue weighted by Gasteiger charge is 2.17. The Morgan fingerprint density at radius 2 is 2.14 bits per heavy atom. The number of nitrogens with one attached hydrogen (secondary N) is 1. The van der Waals surface area contributed by atoms with E-state index in [4.69, 9.17) is 4.74 Å². The molecule has 0 amide bonds. The molecular formula is C11H9NO2. The number of pyridine rings is 1. The quantitative estimate of drug-likeness (QED) is 0.678. The highest BCUT2D eigenvalue weighted by atomic mass is 16.5. The molecule has 0 aliphatic carbocycles. The largest absolute Gasteiger partial charge is 0.478 e. The highest BCUT2D eigenvalue weighted by molar-refractivity contribution is 5.80. The zero-order valence-electron chi connectivity index (χ0n) is 7.54. The standard InChI is InChI=1S/C11H9NO2/c13-10-7-3-1-2-4-9(7)12-11-8(10)5-6-14-11/h1-4H,5-6H2,(H,12,13). The second kappa shape index (κ2) is 2.61. The van der Waals surface area contributed by atoms with E-state index < -0.39 is 0 Å². The number of fused-ring (bicyclic) bond motifs is 2. The van der Waals surface area contributed by atoms with Crippen molar-refractivity contribution in [2.45, 2.75) is 6.42 Å². The SMILES string of the molecule is O=c1c2c([nH]c3ccccc13)OCC2. The van der Waals surface area contributed by atoms with Crippen LogP contribution in [0.15, 0.2) is 29.1 Å². The molecule has 3 nitrogen and oxygen atoms in total. The van der Waals surface area contributed by atoms with E-state index >= 15 is 0 Å². The van der Waals surface area contributed by atoms with Gasteiger partial charge in [0.1, 0.15) is 0 Å². The van der Waals surface area contributed by atoms with Crippen LogP contribution in [-0.2, 0) is 6.42 Å². The molecule has 0 radical (unpaired) electrons. The lowest BCUT2D eigenvalue weighted by Gasteiger charge is -2.01. The highest BCUT2D eigenvalue weighted by Crippen LogP contribution is 2.22. The molecule has 70 valence electrons. The number of hydrogen-bond acceptors (Lipinski definition) is 2. The van der Waals surface area contributed by atoms with Crippen molar-refractivity contribution in [1.82, 2.24) is 4.98 Å². The second-order valence-corrected chi connectivity index (χ2v) is 3.41. The smallest absolute Gasteiger partial charge is 0.198 e. The van der Waals surface area contributed by atoms with Gasteiger partial charge in [-0.2, -0.15) is 0 Å². The predicted molar refractivity (Wildman–Crippen MR) is 53.8 cm³/mol. The van der Waals surface area contributed by atoms with E-state index in [2.05, 4.69) is 4.98 Å². The van der Waals surface area contributed by atoms with E-state index in [0.29, 0.717) is 12.5 Å². The number of hydrogen-bond donors (Lipinski definition) is 1. The molecule has 1 aliphatic rings. The average Bonchev–Trinajstić information content (AvgIpc) is 2.66. The van der Waals surface area contributed by atoms with E-state index in [0.717, 1.165) is 22.9 Å². The number of aromatic amines is 1. The summed E-state index contributed by atoms with van der Waals surface area (Å²) < 4.78 is 5.33. The summed E-state index contributed by atoms with van der Waals surface area (Å²) in [5, 5.41) is 0.747. The Morgan fingerprint density at radius 3 is 3.07 bits per heavy atom. The number of benzene rings is 1. The Bertz CT molecular complexity index is 557. The van der Waals surface area contributed by atoms with Crippen LogP contribution in [-0.4, -0.2) is 11.6 Å². The molecule has 0 saturated heterocycles. The van der Waals surface area contributed by atoms with Gasteiger partial charge in [-0.25, -0.2) is 0 Å². The van der Waals surface area contributed by atoms with E-state index in [1.165, 1.54) is 0 Å². The van der Waals surface area contributed by atoms with Crippen molar-refractivity contribution in [3.05, 3.63) is 40.1 Å². The third-order valence-corrected chi connectivity index (χ3v) is 2.57. The van der Waals surface area contributed by atoms with Crippen LogP contribution in [0.4, 0.5) is 0 Å². The lowest BCUT2D eigenvalue weighted by Crippen LogP contribution is -2.07. The summed E-state index contributed by atoms with van der Waals surface area (Å²) in [4.78, 5) is 15.0. The van der Waals surface area contributed by atoms with Crippen molar-refractivity contribution in [2.24, 2.45) is 0 Å². The Balaban J connectivity index is 2.50. The molecule has 14 heavy (non-hydrogen) atoms. The first kappa shape index (κ1) is 7.62. The summed E-state index contributed by atoms with van der Waals surface area (Å²) in [5.41, 5.74) is 1.73. The van der Waals surface area contributed by atoms with Gasteiger partial charge >= 0.3 is 0 Å². The molecule has 3 rings (SSSR count). The van der Waals surface area contributed by atoms with Crippen LogP contribution in [0.25, 0.3) is 10.9 Å². The van der Waals surface area contributed by atoms with Crippen LogP contribution in [0, 0.1) is 0 Å². The molecule has 0 atom stereocenters. The lowest BCUT2D eigenvalue weighted by atomic mass is 10.1. The normalized spacial score (nSPS) is 14.0. The topological polar surface area (TPSA) is 42.1 Å².